The van der Waals surface area contributed by atoms with E-state index in [1.807, 2.05) is 6.07 Å². The van der Waals surface area contributed by atoms with Crippen LogP contribution in [0, 0.1) is 0 Å². The zero-order chi connectivity index (χ0) is 13.9. The first-order valence-electron chi connectivity index (χ1n) is 7.17. The van der Waals surface area contributed by atoms with E-state index in [4.69, 9.17) is 9.72 Å². The Balaban J connectivity index is 2.06. The van der Waals surface area contributed by atoms with Gasteiger partial charge in [-0.3, -0.25) is 0 Å². The van der Waals surface area contributed by atoms with Gasteiger partial charge >= 0.3 is 0 Å². The SMILES string of the molecule is COC(C)Cn1c(-c2ccccc2)nc2c1CCNC2. The molecule has 4 heteroatoms. The number of aromatic nitrogens is 2. The highest BCUT2D eigenvalue weighted by Gasteiger charge is 2.21. The van der Waals surface area contributed by atoms with Crippen LogP contribution >= 0.6 is 0 Å². The molecule has 0 spiro atoms. The summed E-state index contributed by atoms with van der Waals surface area (Å²) in [6.07, 6.45) is 1.22. The molecular formula is C16H21N3O. The van der Waals surface area contributed by atoms with Crippen molar-refractivity contribution in [3.63, 3.8) is 0 Å². The predicted molar refractivity (Wildman–Crippen MR) is 79.5 cm³/mol. The molecule has 0 amide bonds. The highest BCUT2D eigenvalue weighted by Crippen LogP contribution is 2.25. The number of ether oxygens (including phenoxy) is 1. The maximum absolute atomic E-state index is 5.44. The molecule has 1 aromatic carbocycles. The fourth-order valence-corrected chi connectivity index (χ4v) is 2.71. The Labute approximate surface area is 119 Å². The van der Waals surface area contributed by atoms with Crippen LogP contribution in [0.15, 0.2) is 30.3 Å². The average molecular weight is 271 g/mol. The van der Waals surface area contributed by atoms with Crippen LogP contribution in [0.4, 0.5) is 0 Å². The molecule has 106 valence electrons. The van der Waals surface area contributed by atoms with Gasteiger partial charge in [0.15, 0.2) is 0 Å². The highest BCUT2D eigenvalue weighted by molar-refractivity contribution is 5.57. The molecule has 1 aliphatic rings. The molecule has 3 rings (SSSR count). The summed E-state index contributed by atoms with van der Waals surface area (Å²) >= 11 is 0. The number of nitrogens with zero attached hydrogens (tertiary/aromatic N) is 2. The van der Waals surface area contributed by atoms with Crippen molar-refractivity contribution in [1.82, 2.24) is 14.9 Å². The molecule has 1 aromatic heterocycles. The summed E-state index contributed by atoms with van der Waals surface area (Å²) < 4.78 is 7.77. The quantitative estimate of drug-likeness (QED) is 0.927. The lowest BCUT2D eigenvalue weighted by Crippen LogP contribution is -2.26. The number of hydrogen-bond acceptors (Lipinski definition) is 3. The van der Waals surface area contributed by atoms with Crippen molar-refractivity contribution in [3.8, 4) is 11.4 Å². The minimum absolute atomic E-state index is 0.186. The normalized spacial score (nSPS) is 15.9. The van der Waals surface area contributed by atoms with Crippen LogP contribution < -0.4 is 5.32 Å². The molecule has 0 saturated carbocycles. The Morgan fingerprint density at radius 3 is 2.90 bits per heavy atom. The van der Waals surface area contributed by atoms with Crippen molar-refractivity contribution in [2.45, 2.75) is 32.5 Å². The molecular weight excluding hydrogens is 250 g/mol. The Bertz CT molecular complexity index is 577. The van der Waals surface area contributed by atoms with Crippen LogP contribution in [-0.2, 0) is 24.2 Å². The lowest BCUT2D eigenvalue weighted by molar-refractivity contribution is 0.103. The smallest absolute Gasteiger partial charge is 0.140 e. The Hall–Kier alpha value is -1.65. The first-order valence-corrected chi connectivity index (χ1v) is 7.17. The van der Waals surface area contributed by atoms with Crippen LogP contribution in [0.25, 0.3) is 11.4 Å². The number of nitrogens with one attached hydrogen (secondary N) is 1. The summed E-state index contributed by atoms with van der Waals surface area (Å²) in [6.45, 7) is 4.84. The van der Waals surface area contributed by atoms with E-state index in [2.05, 4.69) is 41.1 Å². The van der Waals surface area contributed by atoms with Crippen LogP contribution in [0.5, 0.6) is 0 Å². The number of imidazole rings is 1. The monoisotopic (exact) mass is 271 g/mol. The highest BCUT2D eigenvalue weighted by atomic mass is 16.5. The minimum atomic E-state index is 0.186. The minimum Gasteiger partial charge on any atom is -0.380 e. The molecule has 1 aliphatic heterocycles. The summed E-state index contributed by atoms with van der Waals surface area (Å²) in [5, 5.41) is 3.39. The van der Waals surface area contributed by atoms with Crippen molar-refractivity contribution in [2.24, 2.45) is 0 Å². The van der Waals surface area contributed by atoms with Gasteiger partial charge in [-0.15, -0.1) is 0 Å². The topological polar surface area (TPSA) is 39.1 Å². The third-order valence-electron chi connectivity index (χ3n) is 3.86. The van der Waals surface area contributed by atoms with E-state index >= 15 is 0 Å². The van der Waals surface area contributed by atoms with E-state index in [1.54, 1.807) is 7.11 Å². The second-order valence-electron chi connectivity index (χ2n) is 5.28. The average Bonchev–Trinajstić information content (AvgIpc) is 2.87. The summed E-state index contributed by atoms with van der Waals surface area (Å²) in [7, 11) is 1.76. The van der Waals surface area contributed by atoms with E-state index < -0.39 is 0 Å². The molecule has 1 unspecified atom stereocenters. The van der Waals surface area contributed by atoms with Crippen LogP contribution in [0.3, 0.4) is 0 Å². The van der Waals surface area contributed by atoms with Crippen LogP contribution in [0.2, 0.25) is 0 Å². The van der Waals surface area contributed by atoms with Crippen molar-refractivity contribution in [3.05, 3.63) is 41.7 Å². The summed E-state index contributed by atoms with van der Waals surface area (Å²) in [6, 6.07) is 10.4. The number of benzene rings is 1. The Kier molecular flexibility index (Phi) is 3.85. The number of hydrogen-bond donors (Lipinski definition) is 1. The molecule has 4 nitrogen and oxygen atoms in total. The van der Waals surface area contributed by atoms with E-state index in [1.165, 1.54) is 17.0 Å². The van der Waals surface area contributed by atoms with Gasteiger partial charge in [-0.2, -0.15) is 0 Å². The summed E-state index contributed by atoms with van der Waals surface area (Å²) in [4.78, 5) is 4.85. The van der Waals surface area contributed by atoms with E-state index in [-0.39, 0.29) is 6.10 Å². The molecule has 20 heavy (non-hydrogen) atoms. The molecule has 1 atom stereocenters. The fourth-order valence-electron chi connectivity index (χ4n) is 2.71. The summed E-state index contributed by atoms with van der Waals surface area (Å²) in [5.41, 5.74) is 3.70. The molecule has 0 radical (unpaired) electrons. The van der Waals surface area contributed by atoms with Gasteiger partial charge in [-0.1, -0.05) is 30.3 Å². The van der Waals surface area contributed by atoms with E-state index in [0.717, 1.165) is 31.9 Å². The predicted octanol–water partition coefficient (Wildman–Crippen LogP) is 2.23. The second-order valence-corrected chi connectivity index (χ2v) is 5.28. The maximum atomic E-state index is 5.44. The molecule has 0 bridgehead atoms. The van der Waals surface area contributed by atoms with Gasteiger partial charge in [0.1, 0.15) is 5.82 Å². The molecule has 0 saturated heterocycles. The van der Waals surface area contributed by atoms with Crippen molar-refractivity contribution < 1.29 is 4.74 Å². The van der Waals surface area contributed by atoms with Crippen molar-refractivity contribution >= 4 is 0 Å². The van der Waals surface area contributed by atoms with Gasteiger partial charge in [0.05, 0.1) is 18.3 Å². The number of rotatable bonds is 4. The van der Waals surface area contributed by atoms with E-state index in [9.17, 15) is 0 Å². The third kappa shape index (κ3) is 2.49. The fraction of sp³-hybridized carbons (Fsp3) is 0.438. The second kappa shape index (κ2) is 5.77. The van der Waals surface area contributed by atoms with Gasteiger partial charge < -0.3 is 14.6 Å². The molecule has 0 fully saturated rings. The van der Waals surface area contributed by atoms with Gasteiger partial charge in [-0.05, 0) is 6.92 Å². The Morgan fingerprint density at radius 1 is 1.35 bits per heavy atom. The number of fused-ring (bicyclic) bond motifs is 1. The maximum Gasteiger partial charge on any atom is 0.140 e. The van der Waals surface area contributed by atoms with E-state index in [0.29, 0.717) is 0 Å². The lowest BCUT2D eigenvalue weighted by atomic mass is 10.1. The van der Waals surface area contributed by atoms with Gasteiger partial charge in [-0.25, -0.2) is 4.98 Å². The number of methoxy groups -OCH3 is 1. The van der Waals surface area contributed by atoms with Crippen LogP contribution in [-0.4, -0.2) is 29.3 Å². The standard InChI is InChI=1S/C16H21N3O/c1-12(20-2)11-19-15-8-9-17-10-14(15)18-16(19)13-6-4-3-5-7-13/h3-7,12,17H,8-11H2,1-2H3. The van der Waals surface area contributed by atoms with Crippen LogP contribution in [0.1, 0.15) is 18.3 Å². The van der Waals surface area contributed by atoms with Gasteiger partial charge in [0.25, 0.3) is 0 Å². The molecule has 1 N–H and O–H groups in total. The third-order valence-corrected chi connectivity index (χ3v) is 3.86. The molecule has 2 aromatic rings. The lowest BCUT2D eigenvalue weighted by Gasteiger charge is -2.18. The summed E-state index contributed by atoms with van der Waals surface area (Å²) in [5.74, 6) is 1.06. The first kappa shape index (κ1) is 13.3. The van der Waals surface area contributed by atoms with Gasteiger partial charge in [0.2, 0.25) is 0 Å². The Morgan fingerprint density at radius 2 is 2.15 bits per heavy atom. The van der Waals surface area contributed by atoms with Gasteiger partial charge in [0, 0.05) is 37.9 Å². The zero-order valence-electron chi connectivity index (χ0n) is 12.1. The first-order chi connectivity index (χ1) is 9.79. The molecule has 2 heterocycles. The van der Waals surface area contributed by atoms with Crippen molar-refractivity contribution in [1.29, 1.82) is 0 Å². The molecule has 0 aliphatic carbocycles. The largest absolute Gasteiger partial charge is 0.380 e. The zero-order valence-corrected chi connectivity index (χ0v) is 12.1. The van der Waals surface area contributed by atoms with Crippen molar-refractivity contribution in [2.75, 3.05) is 13.7 Å².